The minimum absolute atomic E-state index is 0.493. The largest absolute Gasteiger partial charge is 0.241 e. The van der Waals surface area contributed by atoms with Crippen LogP contribution in [0.2, 0.25) is 0 Å². The molecule has 2 aromatic rings. The maximum Gasteiger partial charge on any atom is 0.110 e. The fraction of sp³-hybridized carbons (Fsp3) is 0.357. The third-order valence-electron chi connectivity index (χ3n) is 2.89. The molecular formula is C14H16BrN. The Morgan fingerprint density at radius 3 is 2.44 bits per heavy atom. The summed E-state index contributed by atoms with van der Waals surface area (Å²) < 4.78 is 0.972. The molecule has 0 radical (unpaired) electrons. The second-order valence-electron chi connectivity index (χ2n) is 4.67. The first kappa shape index (κ1) is 11.6. The van der Waals surface area contributed by atoms with Gasteiger partial charge in [-0.3, -0.25) is 0 Å². The van der Waals surface area contributed by atoms with E-state index in [4.69, 9.17) is 0 Å². The first-order valence-corrected chi connectivity index (χ1v) is 6.35. The molecule has 0 amide bonds. The van der Waals surface area contributed by atoms with Crippen molar-refractivity contribution in [3.8, 4) is 0 Å². The molecule has 0 aliphatic carbocycles. The molecule has 1 nitrogen and oxygen atoms in total. The summed E-state index contributed by atoms with van der Waals surface area (Å²) in [4.78, 5) is 4.64. The molecule has 0 aliphatic rings. The molecule has 0 bridgehead atoms. The maximum atomic E-state index is 4.64. The summed E-state index contributed by atoms with van der Waals surface area (Å²) in [6.45, 7) is 8.64. The number of aromatic nitrogens is 1. The summed E-state index contributed by atoms with van der Waals surface area (Å²) in [5.74, 6) is 0.493. The summed E-state index contributed by atoms with van der Waals surface area (Å²) >= 11 is 3.56. The van der Waals surface area contributed by atoms with Gasteiger partial charge in [0.05, 0.1) is 5.52 Å². The van der Waals surface area contributed by atoms with E-state index in [1.54, 1.807) is 0 Å². The van der Waals surface area contributed by atoms with Crippen LogP contribution in [0.5, 0.6) is 0 Å². The van der Waals surface area contributed by atoms with E-state index < -0.39 is 0 Å². The highest BCUT2D eigenvalue weighted by molar-refractivity contribution is 9.10. The average molecular weight is 278 g/mol. The minimum Gasteiger partial charge on any atom is -0.241 e. The van der Waals surface area contributed by atoms with Gasteiger partial charge in [-0.1, -0.05) is 19.9 Å². The molecule has 16 heavy (non-hydrogen) atoms. The van der Waals surface area contributed by atoms with E-state index in [1.807, 2.05) is 0 Å². The molecule has 0 N–H and O–H groups in total. The Balaban J connectivity index is 2.79. The van der Waals surface area contributed by atoms with Crippen molar-refractivity contribution in [2.24, 2.45) is 0 Å². The van der Waals surface area contributed by atoms with Crippen LogP contribution in [0, 0.1) is 13.8 Å². The molecule has 1 aromatic carbocycles. The van der Waals surface area contributed by atoms with Gasteiger partial charge < -0.3 is 0 Å². The Hall–Kier alpha value is -0.890. The Morgan fingerprint density at radius 2 is 1.81 bits per heavy atom. The van der Waals surface area contributed by atoms with Crippen LogP contribution in [0.3, 0.4) is 0 Å². The van der Waals surface area contributed by atoms with Crippen molar-refractivity contribution in [2.75, 3.05) is 0 Å². The molecule has 0 spiro atoms. The highest BCUT2D eigenvalue weighted by Crippen LogP contribution is 2.29. The average Bonchev–Trinajstić information content (AvgIpc) is 2.15. The van der Waals surface area contributed by atoms with Crippen molar-refractivity contribution in [3.05, 3.63) is 39.5 Å². The van der Waals surface area contributed by atoms with Crippen LogP contribution in [-0.2, 0) is 0 Å². The molecule has 1 aromatic heterocycles. The number of aryl methyl sites for hydroxylation is 2. The van der Waals surface area contributed by atoms with Crippen molar-refractivity contribution in [1.82, 2.24) is 4.98 Å². The molecule has 0 unspecified atom stereocenters. The molecule has 0 saturated carbocycles. The second-order valence-corrected chi connectivity index (χ2v) is 5.42. The van der Waals surface area contributed by atoms with Gasteiger partial charge in [0, 0.05) is 5.39 Å². The van der Waals surface area contributed by atoms with Crippen LogP contribution in [0.1, 0.15) is 36.5 Å². The van der Waals surface area contributed by atoms with Crippen molar-refractivity contribution in [2.45, 2.75) is 33.6 Å². The Bertz CT molecular complexity index is 544. The van der Waals surface area contributed by atoms with Crippen LogP contribution in [0.15, 0.2) is 22.8 Å². The maximum absolute atomic E-state index is 4.64. The number of nitrogens with zero attached hydrogens (tertiary/aromatic N) is 1. The summed E-state index contributed by atoms with van der Waals surface area (Å²) in [6, 6.07) is 6.60. The zero-order chi connectivity index (χ0) is 11.9. The van der Waals surface area contributed by atoms with Crippen LogP contribution >= 0.6 is 15.9 Å². The van der Waals surface area contributed by atoms with Gasteiger partial charge in [0.1, 0.15) is 4.60 Å². The summed E-state index contributed by atoms with van der Waals surface area (Å²) in [5, 5.41) is 1.26. The van der Waals surface area contributed by atoms with Gasteiger partial charge in [-0.2, -0.15) is 0 Å². The monoisotopic (exact) mass is 277 g/mol. The Labute approximate surface area is 105 Å². The van der Waals surface area contributed by atoms with Crippen LogP contribution < -0.4 is 0 Å². The number of fused-ring (bicyclic) bond motifs is 1. The van der Waals surface area contributed by atoms with Gasteiger partial charge in [0.15, 0.2) is 0 Å². The molecule has 0 atom stereocenters. The van der Waals surface area contributed by atoms with Crippen LogP contribution in [-0.4, -0.2) is 4.98 Å². The van der Waals surface area contributed by atoms with Gasteiger partial charge in [0.2, 0.25) is 0 Å². The number of rotatable bonds is 1. The number of benzene rings is 1. The Morgan fingerprint density at radius 1 is 1.12 bits per heavy atom. The topological polar surface area (TPSA) is 12.9 Å². The molecule has 2 heteroatoms. The van der Waals surface area contributed by atoms with E-state index in [0.29, 0.717) is 5.92 Å². The number of hydrogen-bond acceptors (Lipinski definition) is 1. The van der Waals surface area contributed by atoms with E-state index >= 15 is 0 Å². The summed E-state index contributed by atoms with van der Waals surface area (Å²) in [6.07, 6.45) is 0. The number of hydrogen-bond donors (Lipinski definition) is 0. The zero-order valence-electron chi connectivity index (χ0n) is 10.1. The Kier molecular flexibility index (Phi) is 3.02. The lowest BCUT2D eigenvalue weighted by molar-refractivity contribution is 0.854. The molecule has 0 aliphatic heterocycles. The normalized spacial score (nSPS) is 11.4. The van der Waals surface area contributed by atoms with Crippen molar-refractivity contribution in [3.63, 3.8) is 0 Å². The first-order chi connectivity index (χ1) is 7.49. The fourth-order valence-electron chi connectivity index (χ4n) is 2.03. The van der Waals surface area contributed by atoms with E-state index in [1.165, 1.54) is 22.1 Å². The smallest absolute Gasteiger partial charge is 0.110 e. The lowest BCUT2D eigenvalue weighted by Crippen LogP contribution is -1.94. The van der Waals surface area contributed by atoms with Gasteiger partial charge in [-0.25, -0.2) is 4.98 Å². The van der Waals surface area contributed by atoms with Crippen molar-refractivity contribution >= 4 is 26.8 Å². The lowest BCUT2D eigenvalue weighted by Gasteiger charge is -2.11. The third kappa shape index (κ3) is 1.99. The SMILES string of the molecule is Cc1cc(C)c2cc(C(C)C)c(Br)nc2c1. The number of halogens is 1. The standard InChI is InChI=1S/C14H16BrN/c1-8(2)11-7-12-10(4)5-9(3)6-13(12)16-14(11)15/h5-8H,1-4H3. The van der Waals surface area contributed by atoms with E-state index in [0.717, 1.165) is 10.1 Å². The highest BCUT2D eigenvalue weighted by Gasteiger charge is 2.09. The van der Waals surface area contributed by atoms with E-state index in [9.17, 15) is 0 Å². The van der Waals surface area contributed by atoms with Gasteiger partial charge in [0.25, 0.3) is 0 Å². The van der Waals surface area contributed by atoms with Crippen LogP contribution in [0.25, 0.3) is 10.9 Å². The molecule has 84 valence electrons. The lowest BCUT2D eigenvalue weighted by atomic mass is 10.00. The first-order valence-electron chi connectivity index (χ1n) is 5.56. The van der Waals surface area contributed by atoms with Gasteiger partial charge in [-0.05, 0) is 64.5 Å². The van der Waals surface area contributed by atoms with Crippen molar-refractivity contribution in [1.29, 1.82) is 0 Å². The van der Waals surface area contributed by atoms with Gasteiger partial charge in [-0.15, -0.1) is 0 Å². The number of pyridine rings is 1. The quantitative estimate of drug-likeness (QED) is 0.687. The summed E-state index contributed by atoms with van der Waals surface area (Å²) in [7, 11) is 0. The zero-order valence-corrected chi connectivity index (χ0v) is 11.7. The molecular weight excluding hydrogens is 262 g/mol. The second kappa shape index (κ2) is 4.17. The molecule has 1 heterocycles. The molecule has 0 saturated heterocycles. The fourth-order valence-corrected chi connectivity index (χ4v) is 2.79. The van der Waals surface area contributed by atoms with Crippen molar-refractivity contribution < 1.29 is 0 Å². The summed E-state index contributed by atoms with van der Waals surface area (Å²) in [5.41, 5.74) is 4.92. The van der Waals surface area contributed by atoms with E-state index in [2.05, 4.69) is 66.8 Å². The third-order valence-corrected chi connectivity index (χ3v) is 3.52. The predicted molar refractivity (Wildman–Crippen MR) is 73.0 cm³/mol. The molecule has 0 fully saturated rings. The minimum atomic E-state index is 0.493. The van der Waals surface area contributed by atoms with E-state index in [-0.39, 0.29) is 0 Å². The predicted octanol–water partition coefficient (Wildman–Crippen LogP) is 4.74. The highest BCUT2D eigenvalue weighted by atomic mass is 79.9. The van der Waals surface area contributed by atoms with Crippen LogP contribution in [0.4, 0.5) is 0 Å². The van der Waals surface area contributed by atoms with Gasteiger partial charge >= 0.3 is 0 Å². The molecule has 2 rings (SSSR count).